The number of carbonyl (C=O) groups is 2. The summed E-state index contributed by atoms with van der Waals surface area (Å²) in [7, 11) is 0. The summed E-state index contributed by atoms with van der Waals surface area (Å²) in [5, 5.41) is 15.1. The van der Waals surface area contributed by atoms with Crippen LogP contribution in [-0.2, 0) is 4.79 Å². The Hall–Kier alpha value is -3.46. The molecule has 2 heterocycles. The Morgan fingerprint density at radius 2 is 1.95 bits per heavy atom. The summed E-state index contributed by atoms with van der Waals surface area (Å²) in [6.45, 7) is 6.19. The van der Waals surface area contributed by atoms with Crippen molar-refractivity contribution in [2.24, 2.45) is 11.8 Å². The van der Waals surface area contributed by atoms with Gasteiger partial charge in [0.05, 0.1) is 17.7 Å². The first-order valence-electron chi connectivity index (χ1n) is 13.1. The molecule has 5 rings (SSSR count). The highest BCUT2D eigenvalue weighted by Gasteiger charge is 2.31. The van der Waals surface area contributed by atoms with E-state index in [2.05, 4.69) is 38.6 Å². The number of hydrogen-bond acceptors (Lipinski definition) is 6. The molecule has 3 aromatic rings. The molecule has 2 saturated carbocycles. The zero-order valence-corrected chi connectivity index (χ0v) is 21.6. The van der Waals surface area contributed by atoms with Crippen LogP contribution in [0.2, 0.25) is 0 Å². The summed E-state index contributed by atoms with van der Waals surface area (Å²) in [6.07, 6.45) is 6.17. The minimum Gasteiger partial charge on any atom is -0.493 e. The molecule has 2 aliphatic carbocycles. The standard InChI is InChI=1S/C28H35N5O4/c1-15-4-9-22(37-13-18-5-6-18)20(10-15)25-27-26(30-14-29-25)24(17(3)31-27)28(36)33-21-8-7-19(11-16(21)2)32-23(35)12-34/h4,9-10,14,16,18-19,21,31,34H,5-8,11-13H2,1-3H3,(H,32,35)(H,33,36)/t16-,19+,21+/m0/s1. The van der Waals surface area contributed by atoms with E-state index < -0.39 is 6.61 Å². The molecule has 2 fully saturated rings. The Kier molecular flexibility index (Phi) is 7.15. The topological polar surface area (TPSA) is 129 Å². The molecule has 37 heavy (non-hydrogen) atoms. The van der Waals surface area contributed by atoms with Crippen LogP contribution in [0.1, 0.15) is 60.6 Å². The van der Waals surface area contributed by atoms with Crippen molar-refractivity contribution in [3.05, 3.63) is 41.3 Å². The Labute approximate surface area is 216 Å². The van der Waals surface area contributed by atoms with E-state index in [0.29, 0.717) is 23.6 Å². The van der Waals surface area contributed by atoms with Gasteiger partial charge in [-0.15, -0.1) is 0 Å². The molecule has 9 nitrogen and oxygen atoms in total. The Balaban J connectivity index is 1.39. The molecule has 0 radical (unpaired) electrons. The number of rotatable bonds is 8. The molecule has 9 heteroatoms. The molecule has 1 aromatic carbocycles. The molecular weight excluding hydrogens is 470 g/mol. The Bertz CT molecular complexity index is 1320. The molecule has 0 unspecified atom stereocenters. The Morgan fingerprint density at radius 3 is 2.68 bits per heavy atom. The monoisotopic (exact) mass is 505 g/mol. The van der Waals surface area contributed by atoms with Crippen molar-refractivity contribution in [1.82, 2.24) is 25.6 Å². The number of aromatic nitrogens is 3. The normalized spacial score (nSPS) is 21.6. The number of aryl methyl sites for hydroxylation is 2. The summed E-state index contributed by atoms with van der Waals surface area (Å²) in [6, 6.07) is 6.09. The average Bonchev–Trinajstić information content (AvgIpc) is 3.64. The lowest BCUT2D eigenvalue weighted by atomic mass is 9.82. The van der Waals surface area contributed by atoms with Crippen molar-refractivity contribution in [1.29, 1.82) is 0 Å². The van der Waals surface area contributed by atoms with Crippen LogP contribution in [0.15, 0.2) is 24.5 Å². The molecule has 0 saturated heterocycles. The molecule has 2 aliphatic rings. The zero-order valence-electron chi connectivity index (χ0n) is 21.6. The molecule has 3 atom stereocenters. The summed E-state index contributed by atoms with van der Waals surface area (Å²) >= 11 is 0. The number of aliphatic hydroxyl groups is 1. The molecule has 4 N–H and O–H groups in total. The summed E-state index contributed by atoms with van der Waals surface area (Å²) in [5.74, 6) is 1.06. The maximum Gasteiger partial charge on any atom is 0.255 e. The second kappa shape index (κ2) is 10.5. The van der Waals surface area contributed by atoms with Gasteiger partial charge in [0.25, 0.3) is 5.91 Å². The van der Waals surface area contributed by atoms with Gasteiger partial charge >= 0.3 is 0 Å². The first-order chi connectivity index (χ1) is 17.8. The quantitative estimate of drug-likeness (QED) is 0.371. The van der Waals surface area contributed by atoms with Crippen LogP contribution >= 0.6 is 0 Å². The third-order valence-corrected chi connectivity index (χ3v) is 7.55. The van der Waals surface area contributed by atoms with Crippen molar-refractivity contribution in [3.63, 3.8) is 0 Å². The lowest BCUT2D eigenvalue weighted by Gasteiger charge is -2.35. The maximum atomic E-state index is 13.5. The molecule has 0 bridgehead atoms. The molecule has 0 spiro atoms. The smallest absolute Gasteiger partial charge is 0.255 e. The zero-order chi connectivity index (χ0) is 26.1. The number of fused-ring (bicyclic) bond motifs is 1. The predicted molar refractivity (Wildman–Crippen MR) is 140 cm³/mol. The number of amides is 2. The highest BCUT2D eigenvalue weighted by molar-refractivity contribution is 6.09. The van der Waals surface area contributed by atoms with E-state index in [9.17, 15) is 9.59 Å². The minimum atomic E-state index is -0.509. The van der Waals surface area contributed by atoms with Crippen molar-refractivity contribution >= 4 is 22.8 Å². The maximum absolute atomic E-state index is 13.5. The fourth-order valence-electron chi connectivity index (χ4n) is 5.31. The number of aliphatic hydroxyl groups excluding tert-OH is 1. The lowest BCUT2D eigenvalue weighted by molar-refractivity contribution is -0.124. The van der Waals surface area contributed by atoms with Crippen molar-refractivity contribution in [2.45, 2.75) is 65.0 Å². The number of nitrogens with one attached hydrogen (secondary N) is 3. The lowest BCUT2D eigenvalue weighted by Crippen LogP contribution is -2.48. The van der Waals surface area contributed by atoms with Crippen LogP contribution < -0.4 is 15.4 Å². The van der Waals surface area contributed by atoms with Gasteiger partial charge in [0.15, 0.2) is 0 Å². The van der Waals surface area contributed by atoms with E-state index in [-0.39, 0.29) is 29.8 Å². The highest BCUT2D eigenvalue weighted by atomic mass is 16.5. The van der Waals surface area contributed by atoms with Gasteiger partial charge in [0.1, 0.15) is 29.9 Å². The van der Waals surface area contributed by atoms with Crippen LogP contribution in [0.4, 0.5) is 0 Å². The second-order valence-electron chi connectivity index (χ2n) is 10.6. The molecular formula is C28H35N5O4. The Morgan fingerprint density at radius 1 is 1.14 bits per heavy atom. The van der Waals surface area contributed by atoms with Crippen LogP contribution in [0.25, 0.3) is 22.3 Å². The largest absolute Gasteiger partial charge is 0.493 e. The van der Waals surface area contributed by atoms with Crippen molar-refractivity contribution < 1.29 is 19.4 Å². The van der Waals surface area contributed by atoms with Crippen molar-refractivity contribution in [3.8, 4) is 17.0 Å². The SMILES string of the molecule is Cc1ccc(OCC2CC2)c(-c2ncnc3c(C(=O)N[C@@H]4CC[C@@H](NC(=O)CO)C[C@@H]4C)c(C)[nH]c23)c1. The van der Waals surface area contributed by atoms with E-state index in [1.54, 1.807) is 0 Å². The third-order valence-electron chi connectivity index (χ3n) is 7.55. The third kappa shape index (κ3) is 5.46. The fraction of sp³-hybridized carbons (Fsp3) is 0.500. The number of ether oxygens (including phenoxy) is 1. The van der Waals surface area contributed by atoms with Gasteiger partial charge < -0.3 is 25.5 Å². The van der Waals surface area contributed by atoms with E-state index >= 15 is 0 Å². The summed E-state index contributed by atoms with van der Waals surface area (Å²) in [4.78, 5) is 37.5. The van der Waals surface area contributed by atoms with Crippen molar-refractivity contribution in [2.75, 3.05) is 13.2 Å². The summed E-state index contributed by atoms with van der Waals surface area (Å²) < 4.78 is 6.16. The van der Waals surface area contributed by atoms with Gasteiger partial charge in [-0.1, -0.05) is 18.6 Å². The molecule has 0 aliphatic heterocycles. The number of benzene rings is 1. The average molecular weight is 506 g/mol. The predicted octanol–water partition coefficient (Wildman–Crippen LogP) is 3.43. The van der Waals surface area contributed by atoms with Gasteiger partial charge in [-0.3, -0.25) is 9.59 Å². The highest BCUT2D eigenvalue weighted by Crippen LogP contribution is 2.37. The first-order valence-corrected chi connectivity index (χ1v) is 13.1. The number of nitrogens with zero attached hydrogens (tertiary/aromatic N) is 2. The van der Waals surface area contributed by atoms with Gasteiger partial charge in [0, 0.05) is 23.3 Å². The first kappa shape index (κ1) is 25.2. The van der Waals surface area contributed by atoms with Gasteiger partial charge in [-0.2, -0.15) is 0 Å². The van der Waals surface area contributed by atoms with Crippen LogP contribution in [0, 0.1) is 25.7 Å². The number of hydrogen-bond donors (Lipinski definition) is 4. The second-order valence-corrected chi connectivity index (χ2v) is 10.6. The number of H-pyrrole nitrogens is 1. The van der Waals surface area contributed by atoms with Gasteiger partial charge in [-0.25, -0.2) is 9.97 Å². The van der Waals surface area contributed by atoms with E-state index in [0.717, 1.165) is 53.0 Å². The van der Waals surface area contributed by atoms with Gasteiger partial charge in [0.2, 0.25) is 5.91 Å². The summed E-state index contributed by atoms with van der Waals surface area (Å²) in [5.41, 5.74) is 5.27. The van der Waals surface area contributed by atoms with E-state index in [1.165, 1.54) is 19.2 Å². The van der Waals surface area contributed by atoms with Crippen LogP contribution in [-0.4, -0.2) is 57.2 Å². The minimum absolute atomic E-state index is 0.0126. The molecule has 2 aromatic heterocycles. The molecule has 2 amide bonds. The van der Waals surface area contributed by atoms with E-state index in [1.807, 2.05) is 26.0 Å². The number of aromatic amines is 1. The van der Waals surface area contributed by atoms with Gasteiger partial charge in [-0.05, 0) is 69.9 Å². The van der Waals surface area contributed by atoms with E-state index in [4.69, 9.17) is 9.84 Å². The number of carbonyl (C=O) groups excluding carboxylic acids is 2. The van der Waals surface area contributed by atoms with Crippen LogP contribution in [0.5, 0.6) is 5.75 Å². The molecule has 196 valence electrons. The van der Waals surface area contributed by atoms with Crippen LogP contribution in [0.3, 0.4) is 0 Å². The fourth-order valence-corrected chi connectivity index (χ4v) is 5.31.